The predicted molar refractivity (Wildman–Crippen MR) is 108 cm³/mol. The summed E-state index contributed by atoms with van der Waals surface area (Å²) in [6.07, 6.45) is 3.99. The van der Waals surface area contributed by atoms with E-state index in [1.807, 2.05) is 13.1 Å². The zero-order valence-corrected chi connectivity index (χ0v) is 17.4. The second kappa shape index (κ2) is 8.06. The van der Waals surface area contributed by atoms with Crippen LogP contribution in [0.1, 0.15) is 24.1 Å². The van der Waals surface area contributed by atoms with Gasteiger partial charge in [-0.15, -0.1) is 0 Å². The molecule has 0 N–H and O–H groups in total. The van der Waals surface area contributed by atoms with Crippen molar-refractivity contribution in [3.63, 3.8) is 0 Å². The molecule has 3 aliphatic heterocycles. The quantitative estimate of drug-likeness (QED) is 0.745. The van der Waals surface area contributed by atoms with E-state index in [9.17, 15) is 4.79 Å². The fraction of sp³-hybridized carbons (Fsp3) is 0.714. The van der Waals surface area contributed by atoms with Gasteiger partial charge in [0, 0.05) is 64.8 Å². The molecule has 0 unspecified atom stereocenters. The molecule has 154 valence electrons. The smallest absolute Gasteiger partial charge is 0.242 e. The molecule has 7 nitrogen and oxygen atoms in total. The van der Waals surface area contributed by atoms with Gasteiger partial charge in [-0.1, -0.05) is 6.07 Å². The van der Waals surface area contributed by atoms with Crippen molar-refractivity contribution in [2.45, 2.75) is 38.0 Å². The van der Waals surface area contributed by atoms with Gasteiger partial charge in [-0.25, -0.2) is 0 Å². The highest BCUT2D eigenvalue weighted by Gasteiger charge is 2.57. The second-order valence-electron chi connectivity index (χ2n) is 8.52. The van der Waals surface area contributed by atoms with E-state index >= 15 is 0 Å². The Bertz CT molecular complexity index is 687. The van der Waals surface area contributed by atoms with E-state index in [1.54, 1.807) is 7.11 Å². The van der Waals surface area contributed by atoms with Gasteiger partial charge in [-0.05, 0) is 38.4 Å². The molecule has 3 fully saturated rings. The first-order valence-corrected chi connectivity index (χ1v) is 10.4. The lowest BCUT2D eigenvalue weighted by molar-refractivity contribution is -0.135. The lowest BCUT2D eigenvalue weighted by Crippen LogP contribution is -2.63. The van der Waals surface area contributed by atoms with Gasteiger partial charge in [0.2, 0.25) is 5.91 Å². The Morgan fingerprint density at radius 1 is 1.21 bits per heavy atom. The number of carbonyl (C=O) groups is 1. The zero-order chi connectivity index (χ0) is 19.7. The SMILES string of the molecule is COCCN1C(=O)[C@H]2CN(C)CCN2C12CCN(Cc1ccc(C)nc1)CC2. The molecule has 7 heteroatoms. The number of piperidine rings is 1. The Morgan fingerprint density at radius 2 is 2.00 bits per heavy atom. The third-order valence-electron chi connectivity index (χ3n) is 6.73. The number of rotatable bonds is 5. The molecule has 3 aliphatic rings. The highest BCUT2D eigenvalue weighted by molar-refractivity contribution is 5.85. The molecule has 1 amide bonds. The van der Waals surface area contributed by atoms with Crippen molar-refractivity contribution in [2.24, 2.45) is 0 Å². The fourth-order valence-corrected chi connectivity index (χ4v) is 5.15. The molecule has 0 aliphatic carbocycles. The number of ether oxygens (including phenoxy) is 1. The minimum atomic E-state index is -0.135. The molecular weight excluding hydrogens is 354 g/mol. The molecule has 1 aromatic heterocycles. The third kappa shape index (κ3) is 3.56. The van der Waals surface area contributed by atoms with E-state index in [0.29, 0.717) is 19.1 Å². The van der Waals surface area contributed by atoms with Crippen molar-refractivity contribution in [2.75, 3.05) is 60.0 Å². The van der Waals surface area contributed by atoms with Gasteiger partial charge >= 0.3 is 0 Å². The third-order valence-corrected chi connectivity index (χ3v) is 6.73. The largest absolute Gasteiger partial charge is 0.383 e. The molecule has 0 bridgehead atoms. The summed E-state index contributed by atoms with van der Waals surface area (Å²) >= 11 is 0. The number of hydrogen-bond donors (Lipinski definition) is 0. The van der Waals surface area contributed by atoms with Gasteiger partial charge in [-0.3, -0.25) is 19.6 Å². The number of likely N-dealkylation sites (tertiary alicyclic amines) is 1. The van der Waals surface area contributed by atoms with Crippen LogP contribution in [0, 0.1) is 6.92 Å². The van der Waals surface area contributed by atoms with Crippen molar-refractivity contribution in [3.05, 3.63) is 29.6 Å². The Hall–Kier alpha value is -1.54. The summed E-state index contributed by atoms with van der Waals surface area (Å²) in [5.41, 5.74) is 2.18. The Kier molecular flexibility index (Phi) is 5.69. The minimum Gasteiger partial charge on any atom is -0.383 e. The predicted octanol–water partition coefficient (Wildman–Crippen LogP) is 0.787. The van der Waals surface area contributed by atoms with Crippen LogP contribution in [-0.4, -0.2) is 102 Å². The summed E-state index contributed by atoms with van der Waals surface area (Å²) in [7, 11) is 3.83. The molecule has 4 heterocycles. The van der Waals surface area contributed by atoms with Gasteiger partial charge in [0.05, 0.1) is 12.3 Å². The lowest BCUT2D eigenvalue weighted by atomic mass is 9.93. The first-order valence-electron chi connectivity index (χ1n) is 10.4. The van der Waals surface area contributed by atoms with Crippen molar-refractivity contribution in [3.8, 4) is 0 Å². The van der Waals surface area contributed by atoms with Crippen molar-refractivity contribution >= 4 is 5.91 Å². The number of piperazine rings is 1. The molecule has 0 saturated carbocycles. The van der Waals surface area contributed by atoms with Gasteiger partial charge in [-0.2, -0.15) is 0 Å². The summed E-state index contributed by atoms with van der Waals surface area (Å²) in [5, 5.41) is 0. The van der Waals surface area contributed by atoms with Crippen molar-refractivity contribution < 1.29 is 9.53 Å². The number of hydrogen-bond acceptors (Lipinski definition) is 6. The number of nitrogens with zero attached hydrogens (tertiary/aromatic N) is 5. The number of carbonyl (C=O) groups excluding carboxylic acids is 1. The van der Waals surface area contributed by atoms with E-state index in [1.165, 1.54) is 5.56 Å². The Balaban J connectivity index is 1.48. The normalized spacial score (nSPS) is 26.2. The van der Waals surface area contributed by atoms with Crippen LogP contribution in [0.2, 0.25) is 0 Å². The standard InChI is InChI=1S/C21H33N5O2/c1-17-4-5-18(14-22-17)15-24-8-6-21(7-9-24)25-11-10-23(2)16-19(25)20(27)26(21)12-13-28-3/h4-5,14,19H,6-13,15-16H2,1-3H3/t19-/m1/s1. The first kappa shape index (κ1) is 19.8. The summed E-state index contributed by atoms with van der Waals surface area (Å²) in [6, 6.07) is 4.26. The van der Waals surface area contributed by atoms with Gasteiger partial charge < -0.3 is 14.5 Å². The van der Waals surface area contributed by atoms with Crippen LogP contribution in [0.3, 0.4) is 0 Å². The van der Waals surface area contributed by atoms with E-state index in [2.05, 4.69) is 43.8 Å². The van der Waals surface area contributed by atoms with Crippen LogP contribution in [0.15, 0.2) is 18.3 Å². The molecule has 3 saturated heterocycles. The van der Waals surface area contributed by atoms with Gasteiger partial charge in [0.15, 0.2) is 0 Å². The maximum atomic E-state index is 13.2. The molecule has 1 aromatic rings. The summed E-state index contributed by atoms with van der Waals surface area (Å²) in [5.74, 6) is 0.291. The number of methoxy groups -OCH3 is 1. The lowest BCUT2D eigenvalue weighted by Gasteiger charge is -2.50. The number of aromatic nitrogens is 1. The van der Waals surface area contributed by atoms with Gasteiger partial charge in [0.1, 0.15) is 6.04 Å². The van der Waals surface area contributed by atoms with Crippen LogP contribution in [0.25, 0.3) is 0 Å². The van der Waals surface area contributed by atoms with Crippen molar-refractivity contribution in [1.82, 2.24) is 24.6 Å². The van der Waals surface area contributed by atoms with Gasteiger partial charge in [0.25, 0.3) is 0 Å². The van der Waals surface area contributed by atoms with E-state index in [0.717, 1.165) is 57.8 Å². The molecule has 1 atom stereocenters. The average Bonchev–Trinajstić information content (AvgIpc) is 2.91. The fourth-order valence-electron chi connectivity index (χ4n) is 5.15. The number of aryl methyl sites for hydroxylation is 1. The molecule has 0 aromatic carbocycles. The molecular formula is C21H33N5O2. The molecule has 0 radical (unpaired) electrons. The van der Waals surface area contributed by atoms with E-state index in [-0.39, 0.29) is 11.7 Å². The highest BCUT2D eigenvalue weighted by Crippen LogP contribution is 2.41. The van der Waals surface area contributed by atoms with Crippen LogP contribution < -0.4 is 0 Å². The maximum absolute atomic E-state index is 13.2. The van der Waals surface area contributed by atoms with Crippen LogP contribution >= 0.6 is 0 Å². The number of pyridine rings is 1. The highest BCUT2D eigenvalue weighted by atomic mass is 16.5. The van der Waals surface area contributed by atoms with E-state index < -0.39 is 0 Å². The number of likely N-dealkylation sites (N-methyl/N-ethyl adjacent to an activating group) is 1. The molecule has 1 spiro atoms. The average molecular weight is 388 g/mol. The van der Waals surface area contributed by atoms with E-state index in [4.69, 9.17) is 4.74 Å². The first-order chi connectivity index (χ1) is 13.5. The number of fused-ring (bicyclic) bond motifs is 2. The Morgan fingerprint density at radius 3 is 2.68 bits per heavy atom. The monoisotopic (exact) mass is 387 g/mol. The summed E-state index contributed by atoms with van der Waals surface area (Å²) < 4.78 is 5.33. The topological polar surface area (TPSA) is 52.2 Å². The minimum absolute atomic E-state index is 0.00320. The summed E-state index contributed by atoms with van der Waals surface area (Å²) in [6.45, 7) is 9.08. The zero-order valence-electron chi connectivity index (χ0n) is 17.4. The van der Waals surface area contributed by atoms with Crippen LogP contribution in [-0.2, 0) is 16.1 Å². The van der Waals surface area contributed by atoms with Crippen molar-refractivity contribution in [1.29, 1.82) is 0 Å². The maximum Gasteiger partial charge on any atom is 0.242 e. The second-order valence-corrected chi connectivity index (χ2v) is 8.52. The Labute approximate surface area is 168 Å². The molecule has 28 heavy (non-hydrogen) atoms. The van der Waals surface area contributed by atoms with Crippen LogP contribution in [0.4, 0.5) is 0 Å². The molecule has 4 rings (SSSR count). The number of amides is 1. The summed E-state index contributed by atoms with van der Waals surface area (Å²) in [4.78, 5) is 27.1. The van der Waals surface area contributed by atoms with Crippen LogP contribution in [0.5, 0.6) is 0 Å².